The number of nitrogens with one attached hydrogen (secondary N) is 2. The molecule has 1 aromatic rings. The summed E-state index contributed by atoms with van der Waals surface area (Å²) in [6, 6.07) is 7.32. The van der Waals surface area contributed by atoms with Gasteiger partial charge in [-0.1, -0.05) is 12.1 Å². The molecule has 0 bridgehead atoms. The lowest BCUT2D eigenvalue weighted by Gasteiger charge is -2.14. The van der Waals surface area contributed by atoms with Crippen molar-refractivity contribution in [2.45, 2.75) is 19.9 Å². The molecule has 1 aromatic carbocycles. The second-order valence-corrected chi connectivity index (χ2v) is 4.02. The molecule has 0 heterocycles. The van der Waals surface area contributed by atoms with E-state index in [-0.39, 0.29) is 11.9 Å². The standard InChI is InChI=1S/C14H22N2O3/c1-4-18-12-7-5-6-8-13(12)19-10-9-16-11(2)14(17)15-3/h5-8,11,16H,4,9-10H2,1-3H3,(H,15,17). The summed E-state index contributed by atoms with van der Waals surface area (Å²) in [5, 5.41) is 5.66. The number of carbonyl (C=O) groups excluding carboxylic acids is 1. The molecule has 0 saturated carbocycles. The molecule has 0 aromatic heterocycles. The Morgan fingerprint density at radius 2 is 1.89 bits per heavy atom. The number of hydrogen-bond donors (Lipinski definition) is 2. The Morgan fingerprint density at radius 3 is 2.47 bits per heavy atom. The third-order valence-electron chi connectivity index (χ3n) is 2.60. The van der Waals surface area contributed by atoms with E-state index >= 15 is 0 Å². The maximum atomic E-state index is 11.3. The van der Waals surface area contributed by atoms with Crippen LogP contribution in [0.5, 0.6) is 11.5 Å². The van der Waals surface area contributed by atoms with Crippen molar-refractivity contribution in [1.29, 1.82) is 0 Å². The second-order valence-electron chi connectivity index (χ2n) is 4.02. The van der Waals surface area contributed by atoms with Gasteiger partial charge in [-0.15, -0.1) is 0 Å². The highest BCUT2D eigenvalue weighted by molar-refractivity contribution is 5.80. The molecule has 0 aliphatic carbocycles. The van der Waals surface area contributed by atoms with Gasteiger partial charge >= 0.3 is 0 Å². The minimum atomic E-state index is -0.226. The van der Waals surface area contributed by atoms with Gasteiger partial charge in [-0.05, 0) is 26.0 Å². The number of rotatable bonds is 8. The van der Waals surface area contributed by atoms with E-state index in [1.807, 2.05) is 38.1 Å². The number of hydrogen-bond acceptors (Lipinski definition) is 4. The summed E-state index contributed by atoms with van der Waals surface area (Å²) in [5.41, 5.74) is 0. The molecule has 0 aliphatic rings. The number of amides is 1. The quantitative estimate of drug-likeness (QED) is 0.694. The first kappa shape index (κ1) is 15.3. The van der Waals surface area contributed by atoms with Gasteiger partial charge < -0.3 is 20.1 Å². The van der Waals surface area contributed by atoms with Crippen LogP contribution in [0.2, 0.25) is 0 Å². The first-order valence-corrected chi connectivity index (χ1v) is 6.48. The van der Waals surface area contributed by atoms with Crippen molar-refractivity contribution in [3.8, 4) is 11.5 Å². The monoisotopic (exact) mass is 266 g/mol. The zero-order chi connectivity index (χ0) is 14.1. The van der Waals surface area contributed by atoms with Gasteiger partial charge in [-0.3, -0.25) is 4.79 Å². The van der Waals surface area contributed by atoms with Gasteiger partial charge in [-0.25, -0.2) is 0 Å². The Bertz CT molecular complexity index is 396. The summed E-state index contributed by atoms with van der Waals surface area (Å²) in [7, 11) is 1.62. The topological polar surface area (TPSA) is 59.6 Å². The molecule has 1 atom stereocenters. The van der Waals surface area contributed by atoms with Gasteiger partial charge in [0.05, 0.1) is 12.6 Å². The van der Waals surface area contributed by atoms with Crippen molar-refractivity contribution in [1.82, 2.24) is 10.6 Å². The Kier molecular flexibility index (Phi) is 6.74. The third kappa shape index (κ3) is 5.18. The Morgan fingerprint density at radius 1 is 1.26 bits per heavy atom. The molecular formula is C14H22N2O3. The van der Waals surface area contributed by atoms with Gasteiger partial charge in [-0.2, -0.15) is 0 Å². The maximum absolute atomic E-state index is 11.3. The van der Waals surface area contributed by atoms with Crippen molar-refractivity contribution in [2.75, 3.05) is 26.8 Å². The fourth-order valence-corrected chi connectivity index (χ4v) is 1.59. The van der Waals surface area contributed by atoms with Crippen LogP contribution >= 0.6 is 0 Å². The molecule has 19 heavy (non-hydrogen) atoms. The van der Waals surface area contributed by atoms with E-state index in [2.05, 4.69) is 10.6 Å². The van der Waals surface area contributed by atoms with Crippen LogP contribution in [0.3, 0.4) is 0 Å². The molecule has 1 amide bonds. The van der Waals surface area contributed by atoms with Crippen LogP contribution in [-0.2, 0) is 4.79 Å². The summed E-state index contributed by atoms with van der Waals surface area (Å²) in [6.07, 6.45) is 0. The molecule has 5 heteroatoms. The summed E-state index contributed by atoms with van der Waals surface area (Å²) >= 11 is 0. The average Bonchev–Trinajstić information content (AvgIpc) is 2.44. The van der Waals surface area contributed by atoms with E-state index in [0.717, 1.165) is 11.5 Å². The van der Waals surface area contributed by atoms with Crippen LogP contribution in [0, 0.1) is 0 Å². The second kappa shape index (κ2) is 8.37. The molecule has 0 spiro atoms. The van der Waals surface area contributed by atoms with Crippen molar-refractivity contribution >= 4 is 5.91 Å². The zero-order valence-electron chi connectivity index (χ0n) is 11.7. The predicted octanol–water partition coefficient (Wildman–Crippen LogP) is 1.19. The number of carbonyl (C=O) groups is 1. The fraction of sp³-hybridized carbons (Fsp3) is 0.500. The van der Waals surface area contributed by atoms with E-state index in [0.29, 0.717) is 19.8 Å². The average molecular weight is 266 g/mol. The van der Waals surface area contributed by atoms with Gasteiger partial charge in [0.1, 0.15) is 6.61 Å². The minimum Gasteiger partial charge on any atom is -0.490 e. The fourth-order valence-electron chi connectivity index (χ4n) is 1.59. The molecule has 0 aliphatic heterocycles. The molecule has 0 saturated heterocycles. The SMILES string of the molecule is CCOc1ccccc1OCCNC(C)C(=O)NC. The number of para-hydroxylation sites is 2. The van der Waals surface area contributed by atoms with Gasteiger partial charge in [0.25, 0.3) is 0 Å². The van der Waals surface area contributed by atoms with E-state index in [1.165, 1.54) is 0 Å². The van der Waals surface area contributed by atoms with Crippen molar-refractivity contribution in [3.63, 3.8) is 0 Å². The third-order valence-corrected chi connectivity index (χ3v) is 2.60. The Hall–Kier alpha value is -1.75. The summed E-state index contributed by atoms with van der Waals surface area (Å²) in [6.45, 7) is 5.42. The minimum absolute atomic E-state index is 0.0327. The van der Waals surface area contributed by atoms with Gasteiger partial charge in [0.15, 0.2) is 11.5 Å². The van der Waals surface area contributed by atoms with Crippen LogP contribution in [-0.4, -0.2) is 38.8 Å². The highest BCUT2D eigenvalue weighted by Crippen LogP contribution is 2.25. The lowest BCUT2D eigenvalue weighted by atomic mass is 10.3. The molecule has 5 nitrogen and oxygen atoms in total. The summed E-state index contributed by atoms with van der Waals surface area (Å²) in [5.74, 6) is 1.43. The predicted molar refractivity (Wildman–Crippen MR) is 74.6 cm³/mol. The van der Waals surface area contributed by atoms with E-state index in [9.17, 15) is 4.79 Å². The van der Waals surface area contributed by atoms with Gasteiger partial charge in [0, 0.05) is 13.6 Å². The molecule has 106 valence electrons. The first-order chi connectivity index (χ1) is 9.19. The zero-order valence-corrected chi connectivity index (χ0v) is 11.7. The molecule has 0 fully saturated rings. The van der Waals surface area contributed by atoms with E-state index < -0.39 is 0 Å². The van der Waals surface area contributed by atoms with Crippen LogP contribution < -0.4 is 20.1 Å². The van der Waals surface area contributed by atoms with Crippen molar-refractivity contribution < 1.29 is 14.3 Å². The number of likely N-dealkylation sites (N-methyl/N-ethyl adjacent to an activating group) is 1. The highest BCUT2D eigenvalue weighted by atomic mass is 16.5. The normalized spacial score (nSPS) is 11.7. The molecule has 1 rings (SSSR count). The largest absolute Gasteiger partial charge is 0.490 e. The van der Waals surface area contributed by atoms with Crippen LogP contribution in [0.15, 0.2) is 24.3 Å². The van der Waals surface area contributed by atoms with Crippen molar-refractivity contribution in [3.05, 3.63) is 24.3 Å². The molecular weight excluding hydrogens is 244 g/mol. The van der Waals surface area contributed by atoms with Gasteiger partial charge in [0.2, 0.25) is 5.91 Å². The van der Waals surface area contributed by atoms with Crippen molar-refractivity contribution in [2.24, 2.45) is 0 Å². The lowest BCUT2D eigenvalue weighted by molar-refractivity contribution is -0.122. The molecule has 0 radical (unpaired) electrons. The van der Waals surface area contributed by atoms with E-state index in [4.69, 9.17) is 9.47 Å². The highest BCUT2D eigenvalue weighted by Gasteiger charge is 2.09. The van der Waals surface area contributed by atoms with Crippen LogP contribution in [0.4, 0.5) is 0 Å². The van der Waals surface area contributed by atoms with E-state index in [1.54, 1.807) is 7.05 Å². The smallest absolute Gasteiger partial charge is 0.236 e. The Labute approximate surface area is 114 Å². The Balaban J connectivity index is 2.35. The number of benzene rings is 1. The number of ether oxygens (including phenoxy) is 2. The first-order valence-electron chi connectivity index (χ1n) is 6.48. The van der Waals surface area contributed by atoms with Crippen LogP contribution in [0.1, 0.15) is 13.8 Å². The molecule has 1 unspecified atom stereocenters. The summed E-state index contributed by atoms with van der Waals surface area (Å²) in [4.78, 5) is 11.3. The van der Waals surface area contributed by atoms with Crippen LogP contribution in [0.25, 0.3) is 0 Å². The maximum Gasteiger partial charge on any atom is 0.236 e. The summed E-state index contributed by atoms with van der Waals surface area (Å²) < 4.78 is 11.1. The lowest BCUT2D eigenvalue weighted by Crippen LogP contribution is -2.42. The molecule has 2 N–H and O–H groups in total.